The molecule has 1 heterocycles. The highest BCUT2D eigenvalue weighted by atomic mass is 35.5. The molecule has 0 aromatic heterocycles. The zero-order valence-corrected chi connectivity index (χ0v) is 29.1. The number of hydrogen-bond donors (Lipinski definition) is 0. The number of nitriles is 1. The molecular formula is C37H45Cl2N5O2. The van der Waals surface area contributed by atoms with Crippen molar-refractivity contribution >= 4 is 40.8 Å². The molecule has 3 aromatic carbocycles. The van der Waals surface area contributed by atoms with Gasteiger partial charge in [-0.1, -0.05) is 67.4 Å². The molecule has 1 aliphatic heterocycles. The first-order valence-corrected chi connectivity index (χ1v) is 17.0. The van der Waals surface area contributed by atoms with Crippen LogP contribution in [0, 0.1) is 24.2 Å². The molecule has 1 atom stereocenters. The summed E-state index contributed by atoms with van der Waals surface area (Å²) >= 11 is 12.5. The predicted molar refractivity (Wildman–Crippen MR) is 188 cm³/mol. The highest BCUT2D eigenvalue weighted by Crippen LogP contribution is 2.39. The average molecular weight is 663 g/mol. The Morgan fingerprint density at radius 3 is 2.22 bits per heavy atom. The first kappa shape index (κ1) is 35.3. The van der Waals surface area contributed by atoms with Crippen LogP contribution in [0.2, 0.25) is 10.0 Å². The third kappa shape index (κ3) is 8.41. The van der Waals surface area contributed by atoms with Crippen molar-refractivity contribution < 1.29 is 9.59 Å². The largest absolute Gasteiger partial charge is 0.325 e. The average Bonchev–Trinajstić information content (AvgIpc) is 3.06. The molecule has 4 rings (SSSR count). The Morgan fingerprint density at radius 2 is 1.63 bits per heavy atom. The Balaban J connectivity index is 1.64. The van der Waals surface area contributed by atoms with Crippen LogP contribution < -0.4 is 4.90 Å². The smallest absolute Gasteiger partial charge is 0.319 e. The number of piperidine rings is 1. The van der Waals surface area contributed by atoms with Gasteiger partial charge in [0, 0.05) is 55.0 Å². The number of benzene rings is 3. The first-order chi connectivity index (χ1) is 22.1. The lowest BCUT2D eigenvalue weighted by molar-refractivity contribution is -0.120. The van der Waals surface area contributed by atoms with E-state index in [4.69, 9.17) is 23.2 Å². The number of hydrogen-bond acceptors (Lipinski definition) is 4. The lowest BCUT2D eigenvalue weighted by Gasteiger charge is -2.42. The van der Waals surface area contributed by atoms with Gasteiger partial charge in [0.15, 0.2) is 0 Å². The van der Waals surface area contributed by atoms with Crippen LogP contribution in [0.1, 0.15) is 62.8 Å². The molecule has 9 heteroatoms. The Bertz CT molecular complexity index is 1540. The number of aryl methyl sites for hydroxylation is 1. The Hall–Kier alpha value is -3.57. The van der Waals surface area contributed by atoms with Gasteiger partial charge in [0.1, 0.15) is 0 Å². The van der Waals surface area contributed by atoms with E-state index in [9.17, 15) is 14.9 Å². The lowest BCUT2D eigenvalue weighted by Crippen LogP contribution is -2.49. The summed E-state index contributed by atoms with van der Waals surface area (Å²) in [6.07, 6.45) is 2.62. The van der Waals surface area contributed by atoms with E-state index < -0.39 is 0 Å². The minimum atomic E-state index is -0.0569. The van der Waals surface area contributed by atoms with Gasteiger partial charge in [-0.05, 0) is 98.2 Å². The van der Waals surface area contributed by atoms with E-state index in [0.717, 1.165) is 42.5 Å². The van der Waals surface area contributed by atoms with Crippen LogP contribution in [-0.4, -0.2) is 73.0 Å². The summed E-state index contributed by atoms with van der Waals surface area (Å²) in [5, 5.41) is 10.4. The van der Waals surface area contributed by atoms with Crippen molar-refractivity contribution in [2.45, 2.75) is 53.0 Å². The number of amides is 3. The third-order valence-electron chi connectivity index (χ3n) is 9.06. The monoisotopic (exact) mass is 661 g/mol. The molecule has 0 N–H and O–H groups in total. The van der Waals surface area contributed by atoms with E-state index in [2.05, 4.69) is 49.9 Å². The molecule has 3 aromatic rings. The third-order valence-corrected chi connectivity index (χ3v) is 9.50. The number of rotatable bonds is 11. The number of halogens is 2. The number of carbonyl (C=O) groups is 2. The van der Waals surface area contributed by atoms with Gasteiger partial charge in [0.05, 0.1) is 18.2 Å². The van der Waals surface area contributed by atoms with E-state index in [1.165, 1.54) is 5.56 Å². The van der Waals surface area contributed by atoms with Gasteiger partial charge in [-0.2, -0.15) is 5.26 Å². The maximum Gasteiger partial charge on any atom is 0.319 e. The van der Waals surface area contributed by atoms with E-state index >= 15 is 0 Å². The van der Waals surface area contributed by atoms with Crippen LogP contribution in [-0.2, 0) is 4.79 Å². The Kier molecular flexibility index (Phi) is 12.5. The molecule has 0 bridgehead atoms. The van der Waals surface area contributed by atoms with Crippen molar-refractivity contribution in [1.29, 1.82) is 5.26 Å². The number of anilines is 1. The fourth-order valence-corrected chi connectivity index (χ4v) is 7.05. The maximum absolute atomic E-state index is 13.8. The molecule has 46 heavy (non-hydrogen) atoms. The number of carbonyl (C=O) groups excluding carboxylic acids is 2. The summed E-state index contributed by atoms with van der Waals surface area (Å²) in [5.41, 5.74) is 5.62. The lowest BCUT2D eigenvalue weighted by atomic mass is 9.82. The van der Waals surface area contributed by atoms with Gasteiger partial charge >= 0.3 is 6.03 Å². The van der Waals surface area contributed by atoms with Crippen molar-refractivity contribution in [2.24, 2.45) is 5.92 Å². The molecular weight excluding hydrogens is 617 g/mol. The number of urea groups is 1. The van der Waals surface area contributed by atoms with E-state index in [1.807, 2.05) is 41.0 Å². The molecule has 3 amide bonds. The topological polar surface area (TPSA) is 70.9 Å². The summed E-state index contributed by atoms with van der Waals surface area (Å²) < 4.78 is 0. The summed E-state index contributed by atoms with van der Waals surface area (Å²) in [5.74, 6) is 0.189. The molecule has 1 fully saturated rings. The summed E-state index contributed by atoms with van der Waals surface area (Å²) in [4.78, 5) is 34.8. The molecule has 0 spiro atoms. The second-order valence-electron chi connectivity index (χ2n) is 12.0. The zero-order chi connectivity index (χ0) is 33.4. The van der Waals surface area contributed by atoms with Gasteiger partial charge < -0.3 is 14.7 Å². The van der Waals surface area contributed by atoms with Crippen LogP contribution in [0.25, 0.3) is 11.1 Å². The van der Waals surface area contributed by atoms with E-state index in [0.29, 0.717) is 47.5 Å². The van der Waals surface area contributed by atoms with Crippen LogP contribution in [0.15, 0.2) is 60.7 Å². The van der Waals surface area contributed by atoms with Crippen molar-refractivity contribution in [3.63, 3.8) is 0 Å². The van der Waals surface area contributed by atoms with Gasteiger partial charge in [-0.25, -0.2) is 4.79 Å². The minimum Gasteiger partial charge on any atom is -0.325 e. The predicted octanol–water partition coefficient (Wildman–Crippen LogP) is 8.43. The van der Waals surface area contributed by atoms with Crippen LogP contribution in [0.3, 0.4) is 0 Å². The standard InChI is InChI=1S/C37H45Cl2N5O2/c1-6-16-42(7-2)37(46)44-17-14-28(15-18-44)36(34-13-12-30(19-26(34)4)29-11-9-10-27(20-29)24-40)43(8-3)25-35(45)41(5)33-22-31(38)21-32(39)23-33/h9-13,19-23,28,36H,6-8,14-18,25H2,1-5H3. The quantitative estimate of drug-likeness (QED) is 0.207. The summed E-state index contributed by atoms with van der Waals surface area (Å²) in [7, 11) is 1.75. The number of likely N-dealkylation sites (N-methyl/N-ethyl adjacent to an activating group) is 2. The normalized spacial score (nSPS) is 14.2. The van der Waals surface area contributed by atoms with Gasteiger partial charge in [-0.15, -0.1) is 0 Å². The first-order valence-electron chi connectivity index (χ1n) is 16.2. The number of likely N-dealkylation sites (tertiary alicyclic amines) is 1. The molecule has 1 saturated heterocycles. The van der Waals surface area contributed by atoms with Crippen molar-refractivity contribution in [3.8, 4) is 17.2 Å². The number of nitrogens with zero attached hydrogens (tertiary/aromatic N) is 5. The minimum absolute atomic E-state index is 0.0278. The van der Waals surface area contributed by atoms with Crippen LogP contribution in [0.5, 0.6) is 0 Å². The summed E-state index contributed by atoms with van der Waals surface area (Å²) in [6, 6.07) is 21.6. The van der Waals surface area contributed by atoms with Crippen molar-refractivity contribution in [3.05, 3.63) is 87.4 Å². The molecule has 7 nitrogen and oxygen atoms in total. The fourth-order valence-electron chi connectivity index (χ4n) is 6.53. The molecule has 0 saturated carbocycles. The molecule has 244 valence electrons. The fraction of sp³-hybridized carbons (Fsp3) is 0.432. The maximum atomic E-state index is 13.8. The van der Waals surface area contributed by atoms with E-state index in [-0.39, 0.29) is 30.4 Å². The highest BCUT2D eigenvalue weighted by Gasteiger charge is 2.35. The van der Waals surface area contributed by atoms with Gasteiger partial charge in [0.25, 0.3) is 0 Å². The molecule has 0 radical (unpaired) electrons. The Labute approximate surface area is 284 Å². The molecule has 1 aliphatic rings. The second-order valence-corrected chi connectivity index (χ2v) is 12.9. The van der Waals surface area contributed by atoms with Crippen molar-refractivity contribution in [1.82, 2.24) is 14.7 Å². The second kappa shape index (κ2) is 16.3. The van der Waals surface area contributed by atoms with Gasteiger partial charge in [-0.3, -0.25) is 9.69 Å². The molecule has 1 unspecified atom stereocenters. The van der Waals surface area contributed by atoms with Crippen molar-refractivity contribution in [2.75, 3.05) is 51.2 Å². The van der Waals surface area contributed by atoms with E-state index in [1.54, 1.807) is 30.1 Å². The SMILES string of the molecule is CCCN(CC)C(=O)N1CCC(C(c2ccc(-c3cccc(C#N)c3)cc2C)N(CC)CC(=O)N(C)c2cc(Cl)cc(Cl)c2)CC1. The Morgan fingerprint density at radius 1 is 0.957 bits per heavy atom. The zero-order valence-electron chi connectivity index (χ0n) is 27.6. The van der Waals surface area contributed by atoms with Gasteiger partial charge in [0.2, 0.25) is 5.91 Å². The highest BCUT2D eigenvalue weighted by molar-refractivity contribution is 6.35. The molecule has 0 aliphatic carbocycles. The van der Waals surface area contributed by atoms with Crippen LogP contribution >= 0.6 is 23.2 Å². The summed E-state index contributed by atoms with van der Waals surface area (Å²) in [6.45, 7) is 12.1. The van der Waals surface area contributed by atoms with Crippen LogP contribution in [0.4, 0.5) is 10.5 Å².